The van der Waals surface area contributed by atoms with E-state index in [4.69, 9.17) is 11.6 Å². The number of para-hydroxylation sites is 1. The minimum absolute atomic E-state index is 0.0354. The van der Waals surface area contributed by atoms with Gasteiger partial charge < -0.3 is 5.11 Å². The highest BCUT2D eigenvalue weighted by molar-refractivity contribution is 7.90. The van der Waals surface area contributed by atoms with Crippen molar-refractivity contribution in [2.45, 2.75) is 35.3 Å². The van der Waals surface area contributed by atoms with Crippen LogP contribution in [0.3, 0.4) is 0 Å². The van der Waals surface area contributed by atoms with E-state index < -0.39 is 46.0 Å². The first-order chi connectivity index (χ1) is 17.0. The molecule has 1 N–H and O–H groups in total. The molecule has 14 heteroatoms. The Bertz CT molecular complexity index is 1440. The third kappa shape index (κ3) is 4.97. The Kier molecular flexibility index (Phi) is 6.89. The van der Waals surface area contributed by atoms with Crippen molar-refractivity contribution in [3.05, 3.63) is 70.6 Å². The number of hydrazone groups is 1. The van der Waals surface area contributed by atoms with Crippen molar-refractivity contribution in [3.63, 3.8) is 0 Å². The molecule has 0 saturated heterocycles. The number of nitrogens with zero attached hydrogens (tertiary/aromatic N) is 2. The van der Waals surface area contributed by atoms with Crippen molar-refractivity contribution in [1.29, 1.82) is 0 Å². The minimum Gasteiger partial charge on any atom is -0.369 e. The zero-order valence-electron chi connectivity index (χ0n) is 18.7. The van der Waals surface area contributed by atoms with Gasteiger partial charge in [-0.3, -0.25) is 5.01 Å². The van der Waals surface area contributed by atoms with Gasteiger partial charge in [-0.25, -0.2) is 8.42 Å². The third-order valence-electron chi connectivity index (χ3n) is 5.77. The zero-order chi connectivity index (χ0) is 27.4. The fraction of sp³-hybridized carbons (Fsp3) is 0.261. The van der Waals surface area contributed by atoms with E-state index in [-0.39, 0.29) is 15.6 Å². The highest BCUT2D eigenvalue weighted by Crippen LogP contribution is 2.50. The second kappa shape index (κ2) is 9.29. The van der Waals surface area contributed by atoms with E-state index in [0.29, 0.717) is 15.3 Å². The first kappa shape index (κ1) is 27.4. The van der Waals surface area contributed by atoms with Crippen LogP contribution in [0, 0.1) is 0 Å². The summed E-state index contributed by atoms with van der Waals surface area (Å²) in [6.45, 7) is 0. The molecule has 0 amide bonds. The summed E-state index contributed by atoms with van der Waals surface area (Å²) in [7, 11) is -3.43. The average molecular weight is 583 g/mol. The number of aliphatic hydroxyl groups is 1. The molecule has 1 aliphatic heterocycles. The van der Waals surface area contributed by atoms with E-state index in [2.05, 4.69) is 5.10 Å². The Morgan fingerprint density at radius 3 is 2.11 bits per heavy atom. The summed E-state index contributed by atoms with van der Waals surface area (Å²) in [6.07, 6.45) is -12.0. The number of sulfone groups is 1. The average Bonchev–Trinajstić information content (AvgIpc) is 3.44. The number of rotatable bonds is 5. The van der Waals surface area contributed by atoms with Gasteiger partial charge >= 0.3 is 12.4 Å². The highest BCUT2D eigenvalue weighted by Gasteiger charge is 2.74. The van der Waals surface area contributed by atoms with Crippen LogP contribution in [0.1, 0.15) is 17.3 Å². The summed E-state index contributed by atoms with van der Waals surface area (Å²) in [5.41, 5.74) is -6.02. The summed E-state index contributed by atoms with van der Waals surface area (Å²) in [5, 5.41) is 14.6. The molecule has 1 unspecified atom stereocenters. The number of anilines is 1. The van der Waals surface area contributed by atoms with E-state index >= 15 is 0 Å². The van der Waals surface area contributed by atoms with E-state index in [0.717, 1.165) is 22.6 Å². The van der Waals surface area contributed by atoms with Gasteiger partial charge in [-0.15, -0.1) is 11.3 Å². The minimum atomic E-state index is -6.08. The Hall–Kier alpha value is -2.61. The van der Waals surface area contributed by atoms with Crippen LogP contribution in [0.2, 0.25) is 5.02 Å². The van der Waals surface area contributed by atoms with Gasteiger partial charge in [0.05, 0.1) is 27.4 Å². The van der Waals surface area contributed by atoms with Gasteiger partial charge in [0.2, 0.25) is 0 Å². The van der Waals surface area contributed by atoms with Crippen LogP contribution < -0.4 is 5.01 Å². The molecule has 2 aromatic carbocycles. The zero-order valence-corrected chi connectivity index (χ0v) is 21.1. The predicted molar refractivity (Wildman–Crippen MR) is 129 cm³/mol. The Balaban J connectivity index is 1.78. The van der Waals surface area contributed by atoms with Crippen molar-refractivity contribution in [2.75, 3.05) is 11.3 Å². The molecule has 0 saturated carbocycles. The van der Waals surface area contributed by atoms with E-state index in [1.54, 1.807) is 18.2 Å². The number of halogens is 7. The van der Waals surface area contributed by atoms with E-state index in [1.807, 2.05) is 0 Å². The predicted octanol–water partition coefficient (Wildman–Crippen LogP) is 6.64. The summed E-state index contributed by atoms with van der Waals surface area (Å²) in [5.74, 6) is 0. The maximum absolute atomic E-state index is 13.6. The molecule has 0 bridgehead atoms. The van der Waals surface area contributed by atoms with Gasteiger partial charge in [0.25, 0.3) is 5.60 Å². The lowest BCUT2D eigenvalue weighted by Gasteiger charge is -2.31. The van der Waals surface area contributed by atoms with Gasteiger partial charge in [-0.05, 0) is 42.0 Å². The van der Waals surface area contributed by atoms with Crippen molar-refractivity contribution in [1.82, 2.24) is 0 Å². The molecule has 198 valence electrons. The van der Waals surface area contributed by atoms with E-state index in [1.165, 1.54) is 42.5 Å². The molecule has 0 spiro atoms. The first-order valence-corrected chi connectivity index (χ1v) is 13.5. The SMILES string of the molecule is CS(=O)(=O)c1ccc(-c2ccc(C3CC(C(O)(C(F)(F)F)C(F)(F)F)=NN3c3ccccc3Cl)s2)cc1. The molecule has 2 heterocycles. The van der Waals surface area contributed by atoms with Gasteiger partial charge in [0.15, 0.2) is 9.84 Å². The lowest BCUT2D eigenvalue weighted by atomic mass is 9.91. The maximum atomic E-state index is 13.6. The van der Waals surface area contributed by atoms with Crippen LogP contribution in [0.25, 0.3) is 10.4 Å². The molecule has 1 aromatic heterocycles. The number of thiophene rings is 1. The molecule has 0 aliphatic carbocycles. The number of benzene rings is 2. The topological polar surface area (TPSA) is 70.0 Å². The Morgan fingerprint density at radius 2 is 1.57 bits per heavy atom. The normalized spacial score (nSPS) is 17.3. The lowest BCUT2D eigenvalue weighted by molar-refractivity contribution is -0.338. The van der Waals surface area contributed by atoms with Crippen LogP contribution in [-0.4, -0.2) is 43.4 Å². The first-order valence-electron chi connectivity index (χ1n) is 10.4. The van der Waals surface area contributed by atoms with Gasteiger partial charge in [-0.2, -0.15) is 31.4 Å². The van der Waals surface area contributed by atoms with Crippen LogP contribution in [0.4, 0.5) is 32.0 Å². The molecule has 0 radical (unpaired) electrons. The van der Waals surface area contributed by atoms with Crippen LogP contribution in [-0.2, 0) is 9.84 Å². The van der Waals surface area contributed by atoms with E-state index in [9.17, 15) is 39.9 Å². The fourth-order valence-electron chi connectivity index (χ4n) is 3.85. The summed E-state index contributed by atoms with van der Waals surface area (Å²) < 4.78 is 105. The second-order valence-corrected chi connectivity index (χ2v) is 11.8. The van der Waals surface area contributed by atoms with Crippen molar-refractivity contribution in [2.24, 2.45) is 5.10 Å². The van der Waals surface area contributed by atoms with Gasteiger partial charge in [0.1, 0.15) is 0 Å². The van der Waals surface area contributed by atoms with Crippen LogP contribution in [0.15, 0.2) is 70.7 Å². The molecule has 1 atom stereocenters. The quantitative estimate of drug-likeness (QED) is 0.343. The molecule has 3 aromatic rings. The second-order valence-electron chi connectivity index (χ2n) is 8.27. The van der Waals surface area contributed by atoms with Crippen molar-refractivity contribution >= 4 is 44.2 Å². The van der Waals surface area contributed by atoms with Gasteiger partial charge in [-0.1, -0.05) is 35.9 Å². The molecule has 5 nitrogen and oxygen atoms in total. The Morgan fingerprint density at radius 1 is 0.973 bits per heavy atom. The Labute approximate surface area is 216 Å². The van der Waals surface area contributed by atoms with Gasteiger partial charge in [0, 0.05) is 22.4 Å². The standard InChI is InChI=1S/C23H17ClF6N2O3S2/c1-37(34,35)14-8-6-13(7-9-14)18-10-11-19(36-18)17-12-20(21(33,22(25,26)27)23(28,29)30)31-32(17)16-5-3-2-4-15(16)24/h2-11,17,33H,12H2,1H3. The summed E-state index contributed by atoms with van der Waals surface area (Å²) >= 11 is 7.26. The van der Waals surface area contributed by atoms with Crippen molar-refractivity contribution < 1.29 is 39.9 Å². The number of alkyl halides is 6. The number of hydrogen-bond acceptors (Lipinski definition) is 6. The largest absolute Gasteiger partial charge is 0.431 e. The monoisotopic (exact) mass is 582 g/mol. The smallest absolute Gasteiger partial charge is 0.369 e. The molecule has 1 aliphatic rings. The summed E-state index contributed by atoms with van der Waals surface area (Å²) in [6, 6.07) is 13.7. The molecule has 37 heavy (non-hydrogen) atoms. The fourth-order valence-corrected chi connectivity index (χ4v) is 5.80. The van der Waals surface area contributed by atoms with Crippen LogP contribution in [0.5, 0.6) is 0 Å². The maximum Gasteiger partial charge on any atom is 0.431 e. The molecular formula is C23H17ClF6N2O3S2. The van der Waals surface area contributed by atoms with Crippen LogP contribution >= 0.6 is 22.9 Å². The molecular weight excluding hydrogens is 566 g/mol. The highest BCUT2D eigenvalue weighted by atomic mass is 35.5. The molecule has 0 fully saturated rings. The summed E-state index contributed by atoms with van der Waals surface area (Å²) in [4.78, 5) is 1.03. The molecule has 4 rings (SSSR count). The third-order valence-corrected chi connectivity index (χ3v) is 8.45. The lowest BCUT2D eigenvalue weighted by Crippen LogP contribution is -2.62. The number of hydrogen-bond donors (Lipinski definition) is 1. The van der Waals surface area contributed by atoms with Crippen molar-refractivity contribution in [3.8, 4) is 10.4 Å².